The molecular formula is C25H18F3NO. The molecule has 1 N–H and O–H groups in total. The van der Waals surface area contributed by atoms with Gasteiger partial charge in [-0.3, -0.25) is 4.79 Å². The predicted octanol–water partition coefficient (Wildman–Crippen LogP) is 6.19. The molecule has 0 heterocycles. The summed E-state index contributed by atoms with van der Waals surface area (Å²) in [5, 5.41) is 6.56. The highest BCUT2D eigenvalue weighted by atomic mass is 19.4. The van der Waals surface area contributed by atoms with Gasteiger partial charge in [0, 0.05) is 13.1 Å². The van der Waals surface area contributed by atoms with E-state index >= 15 is 0 Å². The minimum absolute atomic E-state index is 0.331. The van der Waals surface area contributed by atoms with E-state index in [1.54, 1.807) is 0 Å². The van der Waals surface area contributed by atoms with Crippen LogP contribution >= 0.6 is 0 Å². The first-order valence-corrected chi connectivity index (χ1v) is 9.40. The lowest BCUT2D eigenvalue weighted by molar-refractivity contribution is -0.137. The molecule has 0 aromatic heterocycles. The topological polar surface area (TPSA) is 29.1 Å². The van der Waals surface area contributed by atoms with Crippen molar-refractivity contribution in [3.8, 4) is 0 Å². The van der Waals surface area contributed by atoms with Crippen molar-refractivity contribution >= 4 is 33.0 Å². The van der Waals surface area contributed by atoms with Crippen molar-refractivity contribution in [2.24, 2.45) is 0 Å². The number of carbonyl (C=O) groups excluding carboxylic acids is 1. The van der Waals surface area contributed by atoms with Crippen LogP contribution in [0, 0.1) is 0 Å². The predicted molar refractivity (Wildman–Crippen MR) is 114 cm³/mol. The van der Waals surface area contributed by atoms with Crippen molar-refractivity contribution in [2.75, 3.05) is 7.05 Å². The Hall–Kier alpha value is -3.60. The van der Waals surface area contributed by atoms with Gasteiger partial charge in [0.05, 0.1) is 5.56 Å². The first kappa shape index (κ1) is 19.7. The molecule has 0 radical (unpaired) electrons. The van der Waals surface area contributed by atoms with Crippen molar-refractivity contribution in [1.29, 1.82) is 0 Å². The molecule has 0 atom stereocenters. The molecule has 30 heavy (non-hydrogen) atoms. The SMILES string of the molecule is CNC(=O)/C=C(/c1ccc(C(F)(F)F)cc1)c1cc2ccccc2c2ccccc12. The molecule has 4 rings (SSSR count). The lowest BCUT2D eigenvalue weighted by Gasteiger charge is -2.15. The monoisotopic (exact) mass is 405 g/mol. The first-order valence-electron chi connectivity index (χ1n) is 9.40. The van der Waals surface area contributed by atoms with Gasteiger partial charge in [-0.05, 0) is 56.4 Å². The Morgan fingerprint density at radius 3 is 2.07 bits per heavy atom. The minimum atomic E-state index is -4.42. The highest BCUT2D eigenvalue weighted by molar-refractivity contribution is 6.14. The number of likely N-dealkylation sites (N-methyl/N-ethyl adjacent to an activating group) is 1. The molecule has 5 heteroatoms. The Labute approximate surface area is 171 Å². The van der Waals surface area contributed by atoms with Crippen molar-refractivity contribution < 1.29 is 18.0 Å². The molecule has 0 unspecified atom stereocenters. The van der Waals surface area contributed by atoms with Crippen LogP contribution in [0.2, 0.25) is 0 Å². The van der Waals surface area contributed by atoms with Crippen LogP contribution in [0.5, 0.6) is 0 Å². The quantitative estimate of drug-likeness (QED) is 0.320. The molecule has 0 fully saturated rings. The zero-order valence-corrected chi connectivity index (χ0v) is 16.1. The Balaban J connectivity index is 2.00. The maximum atomic E-state index is 13.0. The van der Waals surface area contributed by atoms with Crippen LogP contribution < -0.4 is 5.32 Å². The van der Waals surface area contributed by atoms with E-state index in [0.717, 1.165) is 39.2 Å². The molecule has 150 valence electrons. The van der Waals surface area contributed by atoms with Crippen LogP contribution in [0.1, 0.15) is 16.7 Å². The first-order chi connectivity index (χ1) is 14.4. The van der Waals surface area contributed by atoms with Gasteiger partial charge < -0.3 is 5.32 Å². The molecule has 0 bridgehead atoms. The number of alkyl halides is 3. The summed E-state index contributed by atoms with van der Waals surface area (Å²) in [6, 6.07) is 22.6. The second-order valence-corrected chi connectivity index (χ2v) is 6.94. The Kier molecular flexibility index (Phi) is 5.04. The summed E-state index contributed by atoms with van der Waals surface area (Å²) in [5.41, 5.74) is 1.15. The van der Waals surface area contributed by atoms with E-state index in [1.165, 1.54) is 25.3 Å². The third kappa shape index (κ3) is 3.66. The number of carbonyl (C=O) groups is 1. The number of amides is 1. The van der Waals surface area contributed by atoms with Gasteiger partial charge in [0.15, 0.2) is 0 Å². The third-order valence-electron chi connectivity index (χ3n) is 5.10. The van der Waals surface area contributed by atoms with E-state index in [1.807, 2.05) is 54.6 Å². The molecule has 0 saturated heterocycles. The summed E-state index contributed by atoms with van der Waals surface area (Å²) >= 11 is 0. The van der Waals surface area contributed by atoms with Crippen LogP contribution in [0.25, 0.3) is 27.1 Å². The second-order valence-electron chi connectivity index (χ2n) is 6.94. The van der Waals surface area contributed by atoms with E-state index in [-0.39, 0.29) is 5.91 Å². The fourth-order valence-corrected chi connectivity index (χ4v) is 3.64. The van der Waals surface area contributed by atoms with Crippen LogP contribution in [0.4, 0.5) is 13.2 Å². The summed E-state index contributed by atoms with van der Waals surface area (Å²) in [7, 11) is 1.52. The van der Waals surface area contributed by atoms with E-state index in [0.29, 0.717) is 11.1 Å². The molecular weight excluding hydrogens is 387 g/mol. The number of rotatable bonds is 3. The zero-order chi connectivity index (χ0) is 21.3. The van der Waals surface area contributed by atoms with Crippen molar-refractivity contribution in [1.82, 2.24) is 5.32 Å². The van der Waals surface area contributed by atoms with Gasteiger partial charge in [0.1, 0.15) is 0 Å². The number of halogens is 3. The average Bonchev–Trinajstić information content (AvgIpc) is 2.76. The molecule has 2 nitrogen and oxygen atoms in total. The van der Waals surface area contributed by atoms with Gasteiger partial charge in [-0.2, -0.15) is 13.2 Å². The Morgan fingerprint density at radius 2 is 1.43 bits per heavy atom. The molecule has 4 aromatic rings. The van der Waals surface area contributed by atoms with Crippen LogP contribution in [-0.4, -0.2) is 13.0 Å². The fraction of sp³-hybridized carbons (Fsp3) is 0.0800. The number of benzene rings is 4. The zero-order valence-electron chi connectivity index (χ0n) is 16.1. The molecule has 0 aliphatic carbocycles. The Bertz CT molecular complexity index is 1270. The van der Waals surface area contributed by atoms with E-state index < -0.39 is 11.7 Å². The van der Waals surface area contributed by atoms with Crippen LogP contribution in [0.3, 0.4) is 0 Å². The van der Waals surface area contributed by atoms with Gasteiger partial charge in [0.25, 0.3) is 0 Å². The van der Waals surface area contributed by atoms with E-state index in [9.17, 15) is 18.0 Å². The van der Waals surface area contributed by atoms with E-state index in [2.05, 4.69) is 5.32 Å². The molecule has 1 amide bonds. The summed E-state index contributed by atoms with van der Waals surface area (Å²) in [6.07, 6.45) is -2.99. The molecule has 0 saturated carbocycles. The second kappa shape index (κ2) is 7.67. The lowest BCUT2D eigenvalue weighted by Crippen LogP contribution is -2.15. The van der Waals surface area contributed by atoms with Crippen molar-refractivity contribution in [3.05, 3.63) is 102 Å². The van der Waals surface area contributed by atoms with Crippen molar-refractivity contribution in [2.45, 2.75) is 6.18 Å². The van der Waals surface area contributed by atoms with Crippen molar-refractivity contribution in [3.63, 3.8) is 0 Å². The number of hydrogen-bond donors (Lipinski definition) is 1. The van der Waals surface area contributed by atoms with E-state index in [4.69, 9.17) is 0 Å². The maximum absolute atomic E-state index is 13.0. The summed E-state index contributed by atoms with van der Waals surface area (Å²) in [6.45, 7) is 0. The highest BCUT2D eigenvalue weighted by Gasteiger charge is 2.30. The average molecular weight is 405 g/mol. The highest BCUT2D eigenvalue weighted by Crippen LogP contribution is 2.36. The normalized spacial score (nSPS) is 12.3. The fourth-order valence-electron chi connectivity index (χ4n) is 3.64. The molecule has 0 aliphatic heterocycles. The molecule has 4 aromatic carbocycles. The summed E-state index contributed by atoms with van der Waals surface area (Å²) < 4.78 is 39.0. The summed E-state index contributed by atoms with van der Waals surface area (Å²) in [4.78, 5) is 12.2. The number of nitrogens with one attached hydrogen (secondary N) is 1. The smallest absolute Gasteiger partial charge is 0.356 e. The summed E-state index contributed by atoms with van der Waals surface area (Å²) in [5.74, 6) is -0.331. The maximum Gasteiger partial charge on any atom is 0.416 e. The lowest BCUT2D eigenvalue weighted by atomic mass is 9.89. The van der Waals surface area contributed by atoms with Crippen LogP contribution in [0.15, 0.2) is 84.9 Å². The van der Waals surface area contributed by atoms with Gasteiger partial charge in [-0.25, -0.2) is 0 Å². The third-order valence-corrected chi connectivity index (χ3v) is 5.10. The van der Waals surface area contributed by atoms with Gasteiger partial charge in [-0.15, -0.1) is 0 Å². The minimum Gasteiger partial charge on any atom is -0.356 e. The van der Waals surface area contributed by atoms with Gasteiger partial charge in [-0.1, -0.05) is 60.7 Å². The van der Waals surface area contributed by atoms with Crippen LogP contribution in [-0.2, 0) is 11.0 Å². The standard InChI is InChI=1S/C25H18F3NO/c1-29-24(30)15-22(16-10-12-18(13-11-16)25(26,27)28)23-14-17-6-2-3-7-19(17)20-8-4-5-9-21(20)23/h2-15H,1H3,(H,29,30)/b22-15-. The largest absolute Gasteiger partial charge is 0.416 e. The molecule has 0 spiro atoms. The van der Waals surface area contributed by atoms with Gasteiger partial charge >= 0.3 is 6.18 Å². The Morgan fingerprint density at radius 1 is 0.833 bits per heavy atom. The van der Waals surface area contributed by atoms with Gasteiger partial charge in [0.2, 0.25) is 5.91 Å². The number of fused-ring (bicyclic) bond motifs is 3. The molecule has 0 aliphatic rings. The number of hydrogen-bond acceptors (Lipinski definition) is 1.